The molecule has 2 aromatic carbocycles. The summed E-state index contributed by atoms with van der Waals surface area (Å²) in [5, 5.41) is 36.6. The highest BCUT2D eigenvalue weighted by Crippen LogP contribution is 2.39. The second-order valence-electron chi connectivity index (χ2n) is 9.76. The van der Waals surface area contributed by atoms with E-state index in [0.717, 1.165) is 4.90 Å². The van der Waals surface area contributed by atoms with E-state index in [0.29, 0.717) is 17.2 Å². The van der Waals surface area contributed by atoms with Gasteiger partial charge < -0.3 is 35.4 Å². The zero-order valence-electron chi connectivity index (χ0n) is 21.3. The van der Waals surface area contributed by atoms with Gasteiger partial charge in [0.05, 0.1) is 5.69 Å². The van der Waals surface area contributed by atoms with Crippen LogP contribution in [0.15, 0.2) is 65.6 Å². The van der Waals surface area contributed by atoms with E-state index in [1.54, 1.807) is 24.3 Å². The first-order valence-corrected chi connectivity index (χ1v) is 12.8. The fourth-order valence-corrected chi connectivity index (χ4v) is 4.61. The lowest BCUT2D eigenvalue weighted by Crippen LogP contribution is -2.55. The van der Waals surface area contributed by atoms with Gasteiger partial charge in [0, 0.05) is 17.8 Å². The van der Waals surface area contributed by atoms with Gasteiger partial charge in [0.1, 0.15) is 30.1 Å². The van der Waals surface area contributed by atoms with Crippen molar-refractivity contribution in [3.05, 3.63) is 60.7 Å². The molecule has 3 rings (SSSR count). The first kappa shape index (κ1) is 28.7. The first-order chi connectivity index (χ1) is 17.5. The Kier molecular flexibility index (Phi) is 9.74. The largest absolute Gasteiger partial charge is 0.455 e. The van der Waals surface area contributed by atoms with Crippen LogP contribution < -0.4 is 15.4 Å². The Balaban J connectivity index is 1.69. The number of anilines is 1. The van der Waals surface area contributed by atoms with Crippen LogP contribution in [0.4, 0.5) is 5.69 Å². The van der Waals surface area contributed by atoms with E-state index in [2.05, 4.69) is 10.6 Å². The highest BCUT2D eigenvalue weighted by Gasteiger charge is 2.37. The van der Waals surface area contributed by atoms with Gasteiger partial charge in [-0.05, 0) is 29.7 Å². The SMILES string of the molecule is CO[C@@H](C(=O)N[C@H]1CSc2cccc(Oc3ccccc3)c2NC1=O)[C@H](O)[C@@H](O)[C@H](O)/C=C/C(C)(C)C. The van der Waals surface area contributed by atoms with E-state index in [4.69, 9.17) is 9.47 Å². The number of carbonyl (C=O) groups is 2. The van der Waals surface area contributed by atoms with Crippen molar-refractivity contribution in [1.29, 1.82) is 0 Å². The number of amides is 2. The number of para-hydroxylation sites is 2. The molecule has 1 aliphatic heterocycles. The molecule has 9 nitrogen and oxygen atoms in total. The topological polar surface area (TPSA) is 137 Å². The van der Waals surface area contributed by atoms with Gasteiger partial charge in [0.15, 0.2) is 11.9 Å². The number of methoxy groups -OCH3 is 1. The third kappa shape index (κ3) is 7.80. The van der Waals surface area contributed by atoms with Gasteiger partial charge in [-0.15, -0.1) is 11.8 Å². The lowest BCUT2D eigenvalue weighted by Gasteiger charge is -2.28. The van der Waals surface area contributed by atoms with Crippen molar-refractivity contribution in [2.75, 3.05) is 18.2 Å². The first-order valence-electron chi connectivity index (χ1n) is 11.9. The predicted octanol–water partition coefficient (Wildman–Crippen LogP) is 2.71. The summed E-state index contributed by atoms with van der Waals surface area (Å²) in [5.74, 6) is 0.0162. The summed E-state index contributed by atoms with van der Waals surface area (Å²) in [5.41, 5.74) is 0.239. The van der Waals surface area contributed by atoms with Crippen LogP contribution in [0.1, 0.15) is 20.8 Å². The lowest BCUT2D eigenvalue weighted by molar-refractivity contribution is -0.150. The molecule has 5 N–H and O–H groups in total. The molecule has 0 aliphatic carbocycles. The summed E-state index contributed by atoms with van der Waals surface area (Å²) >= 11 is 1.36. The third-order valence-corrected chi connectivity index (χ3v) is 6.71. The van der Waals surface area contributed by atoms with Crippen molar-refractivity contribution in [3.63, 3.8) is 0 Å². The van der Waals surface area contributed by atoms with Gasteiger partial charge in [-0.1, -0.05) is 57.2 Å². The average molecular weight is 531 g/mol. The van der Waals surface area contributed by atoms with Crippen LogP contribution in [-0.2, 0) is 14.3 Å². The molecule has 37 heavy (non-hydrogen) atoms. The van der Waals surface area contributed by atoms with Gasteiger partial charge in [0.2, 0.25) is 5.91 Å². The number of ether oxygens (including phenoxy) is 2. The molecular weight excluding hydrogens is 496 g/mol. The Morgan fingerprint density at radius 3 is 2.46 bits per heavy atom. The molecule has 0 fully saturated rings. The third-order valence-electron chi connectivity index (χ3n) is 5.56. The number of rotatable bonds is 9. The summed E-state index contributed by atoms with van der Waals surface area (Å²) in [6, 6.07) is 13.6. The van der Waals surface area contributed by atoms with E-state index in [-0.39, 0.29) is 11.2 Å². The molecule has 200 valence electrons. The van der Waals surface area contributed by atoms with Crippen molar-refractivity contribution in [3.8, 4) is 11.5 Å². The molecule has 10 heteroatoms. The fraction of sp³-hybridized carbons (Fsp3) is 0.407. The Labute approximate surface area is 220 Å². The molecule has 1 aliphatic rings. The van der Waals surface area contributed by atoms with Crippen molar-refractivity contribution in [1.82, 2.24) is 5.32 Å². The van der Waals surface area contributed by atoms with Gasteiger partial charge >= 0.3 is 0 Å². The molecular formula is C27H34N2O7S. The molecule has 2 amide bonds. The quantitative estimate of drug-likeness (QED) is 0.312. The van der Waals surface area contributed by atoms with Crippen LogP contribution >= 0.6 is 11.8 Å². The highest BCUT2D eigenvalue weighted by molar-refractivity contribution is 7.99. The number of hydrogen-bond acceptors (Lipinski definition) is 8. The Morgan fingerprint density at radius 1 is 1.11 bits per heavy atom. The van der Waals surface area contributed by atoms with Gasteiger partial charge in [-0.25, -0.2) is 0 Å². The van der Waals surface area contributed by atoms with Crippen LogP contribution in [0.3, 0.4) is 0 Å². The smallest absolute Gasteiger partial charge is 0.252 e. The summed E-state index contributed by atoms with van der Waals surface area (Å²) in [7, 11) is 1.20. The van der Waals surface area contributed by atoms with E-state index in [9.17, 15) is 24.9 Å². The standard InChI is InChI=1S/C27H34N2O7S/c1-27(2,3)14-13-18(30)22(31)23(32)24(35-4)26(34)28-17-15-37-20-12-8-11-19(21(20)29-25(17)33)36-16-9-6-5-7-10-16/h5-14,17-18,22-24,30-32H,15H2,1-4H3,(H,28,34)(H,29,33)/b14-13+/t17-,18+,22-,23+,24+/m0/s1. The molecule has 0 aromatic heterocycles. The van der Waals surface area contributed by atoms with Gasteiger partial charge in [-0.2, -0.15) is 0 Å². The van der Waals surface area contributed by atoms with E-state index < -0.39 is 42.3 Å². The Morgan fingerprint density at radius 2 is 1.81 bits per heavy atom. The fourth-order valence-electron chi connectivity index (χ4n) is 3.56. The second kappa shape index (κ2) is 12.6. The van der Waals surface area contributed by atoms with E-state index in [1.165, 1.54) is 24.9 Å². The minimum absolute atomic E-state index is 0.214. The molecule has 0 saturated carbocycles. The number of hydrogen-bond donors (Lipinski definition) is 5. The lowest BCUT2D eigenvalue weighted by atomic mass is 9.94. The number of fused-ring (bicyclic) bond motifs is 1. The summed E-state index contributed by atoms with van der Waals surface area (Å²) in [4.78, 5) is 26.7. The highest BCUT2D eigenvalue weighted by atomic mass is 32.2. The maximum absolute atomic E-state index is 13.0. The summed E-state index contributed by atoms with van der Waals surface area (Å²) in [6.07, 6.45) is -3.32. The zero-order valence-corrected chi connectivity index (χ0v) is 22.1. The zero-order chi connectivity index (χ0) is 27.2. The van der Waals surface area contributed by atoms with Crippen molar-refractivity contribution < 1.29 is 34.4 Å². The number of allylic oxidation sites excluding steroid dienone is 1. The Bertz CT molecular complexity index is 1100. The van der Waals surface area contributed by atoms with Crippen LogP contribution in [0, 0.1) is 5.41 Å². The molecule has 0 bridgehead atoms. The maximum Gasteiger partial charge on any atom is 0.252 e. The van der Waals surface area contributed by atoms with Crippen LogP contribution in [0.25, 0.3) is 0 Å². The van der Waals surface area contributed by atoms with Crippen LogP contribution in [-0.4, -0.2) is 70.5 Å². The number of aliphatic hydroxyl groups is 3. The Hall–Kier alpha value is -2.89. The summed E-state index contributed by atoms with van der Waals surface area (Å²) in [6.45, 7) is 5.74. The number of nitrogens with one attached hydrogen (secondary N) is 2. The van der Waals surface area contributed by atoms with Crippen molar-refractivity contribution in [2.24, 2.45) is 5.41 Å². The van der Waals surface area contributed by atoms with Crippen LogP contribution in [0.2, 0.25) is 0 Å². The number of carbonyl (C=O) groups excluding carboxylic acids is 2. The van der Waals surface area contributed by atoms with E-state index >= 15 is 0 Å². The average Bonchev–Trinajstić information content (AvgIpc) is 3.01. The monoisotopic (exact) mass is 530 g/mol. The molecule has 5 atom stereocenters. The predicted molar refractivity (Wildman–Crippen MR) is 142 cm³/mol. The molecule has 0 radical (unpaired) electrons. The van der Waals surface area contributed by atoms with Gasteiger partial charge in [-0.3, -0.25) is 9.59 Å². The van der Waals surface area contributed by atoms with E-state index in [1.807, 2.05) is 51.1 Å². The molecule has 0 unspecified atom stereocenters. The molecule has 1 heterocycles. The molecule has 0 saturated heterocycles. The summed E-state index contributed by atoms with van der Waals surface area (Å²) < 4.78 is 11.1. The normalized spacial score (nSPS) is 19.2. The maximum atomic E-state index is 13.0. The van der Waals surface area contributed by atoms with Crippen molar-refractivity contribution >= 4 is 29.3 Å². The minimum atomic E-state index is -1.74. The number of benzene rings is 2. The molecule has 0 spiro atoms. The molecule has 2 aromatic rings. The minimum Gasteiger partial charge on any atom is -0.455 e. The second-order valence-corrected chi connectivity index (χ2v) is 10.8. The number of thioether (sulfide) groups is 1. The number of aliphatic hydroxyl groups excluding tert-OH is 3. The van der Waals surface area contributed by atoms with Crippen LogP contribution in [0.5, 0.6) is 11.5 Å². The van der Waals surface area contributed by atoms with Crippen molar-refractivity contribution in [2.45, 2.75) is 56.1 Å². The van der Waals surface area contributed by atoms with Gasteiger partial charge in [0.25, 0.3) is 5.91 Å².